The van der Waals surface area contributed by atoms with E-state index in [-0.39, 0.29) is 11.9 Å². The molecule has 5 rings (SSSR count). The molecule has 0 radical (unpaired) electrons. The molecule has 33 heavy (non-hydrogen) atoms. The molecule has 0 N–H and O–H groups in total. The van der Waals surface area contributed by atoms with Gasteiger partial charge >= 0.3 is 0 Å². The minimum atomic E-state index is -0.0298. The Morgan fingerprint density at radius 3 is 2.64 bits per heavy atom. The van der Waals surface area contributed by atoms with Gasteiger partial charge in [-0.05, 0) is 60.0 Å². The number of tetrazole rings is 1. The molecule has 2 aromatic heterocycles. The third-order valence-corrected chi connectivity index (χ3v) is 6.56. The number of ether oxygens (including phenoxy) is 2. The number of hydrogen-bond donors (Lipinski definition) is 0. The molecule has 0 saturated heterocycles. The first-order chi connectivity index (χ1) is 16.1. The average molecular weight is 446 g/mol. The zero-order valence-corrected chi connectivity index (χ0v) is 19.1. The molecule has 8 heteroatoms. The Hall–Kier alpha value is -3.68. The number of carbonyl (C=O) groups is 1. The quantitative estimate of drug-likeness (QED) is 0.443. The van der Waals surface area contributed by atoms with Gasteiger partial charge in [0, 0.05) is 22.6 Å². The summed E-state index contributed by atoms with van der Waals surface area (Å²) in [5.74, 6) is 1.11. The van der Waals surface area contributed by atoms with Crippen LogP contribution in [-0.4, -0.2) is 51.1 Å². The van der Waals surface area contributed by atoms with Gasteiger partial charge < -0.3 is 14.4 Å². The van der Waals surface area contributed by atoms with Gasteiger partial charge in [0.1, 0.15) is 0 Å². The van der Waals surface area contributed by atoms with Crippen LogP contribution in [0.25, 0.3) is 16.6 Å². The Labute approximate surface area is 192 Å². The molecule has 170 valence electrons. The summed E-state index contributed by atoms with van der Waals surface area (Å²) in [4.78, 5) is 15.7. The molecule has 2 heterocycles. The first kappa shape index (κ1) is 21.2. The van der Waals surface area contributed by atoms with Crippen LogP contribution in [-0.2, 0) is 6.54 Å². The molecule has 0 aliphatic heterocycles. The minimum absolute atomic E-state index is 0.0298. The van der Waals surface area contributed by atoms with Crippen molar-refractivity contribution in [1.29, 1.82) is 0 Å². The van der Waals surface area contributed by atoms with Crippen molar-refractivity contribution in [3.8, 4) is 11.5 Å². The maximum Gasteiger partial charge on any atom is 0.254 e. The summed E-state index contributed by atoms with van der Waals surface area (Å²) < 4.78 is 12.6. The van der Waals surface area contributed by atoms with Crippen LogP contribution in [0.3, 0.4) is 0 Å². The van der Waals surface area contributed by atoms with Crippen LogP contribution in [0.2, 0.25) is 0 Å². The summed E-state index contributed by atoms with van der Waals surface area (Å²) in [5.41, 5.74) is 4.27. The summed E-state index contributed by atoms with van der Waals surface area (Å²) in [7, 11) is 3.16. The highest BCUT2D eigenvalue weighted by molar-refractivity contribution is 5.95. The molecule has 2 aromatic carbocycles. The Bertz CT molecular complexity index is 1330. The lowest BCUT2D eigenvalue weighted by Crippen LogP contribution is -2.38. The van der Waals surface area contributed by atoms with Gasteiger partial charge in [-0.3, -0.25) is 4.79 Å². The normalized spacial score (nSPS) is 14.2. The highest BCUT2D eigenvalue weighted by Crippen LogP contribution is 2.32. The zero-order chi connectivity index (χ0) is 22.9. The smallest absolute Gasteiger partial charge is 0.254 e. The van der Waals surface area contributed by atoms with Gasteiger partial charge in [0.15, 0.2) is 17.1 Å². The second kappa shape index (κ2) is 8.69. The van der Waals surface area contributed by atoms with Crippen molar-refractivity contribution in [3.05, 3.63) is 59.2 Å². The van der Waals surface area contributed by atoms with E-state index in [0.717, 1.165) is 47.7 Å². The number of nitrogens with zero attached hydrogens (tertiary/aromatic N) is 5. The monoisotopic (exact) mass is 445 g/mol. The van der Waals surface area contributed by atoms with Gasteiger partial charge in [-0.1, -0.05) is 31.0 Å². The molecule has 0 unspecified atom stereocenters. The van der Waals surface area contributed by atoms with Gasteiger partial charge in [-0.25, -0.2) is 0 Å². The number of para-hydroxylation sites is 1. The summed E-state index contributed by atoms with van der Waals surface area (Å²) in [6, 6.07) is 13.7. The number of carbonyl (C=O) groups excluding carboxylic acids is 1. The summed E-state index contributed by atoms with van der Waals surface area (Å²) >= 11 is 0. The fourth-order valence-corrected chi connectivity index (χ4v) is 4.90. The van der Waals surface area contributed by atoms with E-state index in [1.54, 1.807) is 36.9 Å². The fraction of sp³-hybridized carbons (Fsp3) is 0.360. The van der Waals surface area contributed by atoms with Crippen LogP contribution in [0, 0.1) is 6.92 Å². The van der Waals surface area contributed by atoms with Crippen LogP contribution in [0.5, 0.6) is 11.5 Å². The molecule has 1 saturated carbocycles. The Morgan fingerprint density at radius 2 is 1.88 bits per heavy atom. The van der Waals surface area contributed by atoms with Gasteiger partial charge in [0.2, 0.25) is 0 Å². The number of methoxy groups -OCH3 is 2. The van der Waals surface area contributed by atoms with E-state index in [4.69, 9.17) is 9.47 Å². The molecule has 1 amide bonds. The standard InChI is InChI=1S/C25H27N5O3/c1-16-7-6-8-17-13-19(24-26-27-28-30(24)23(16)17)15-29(20-9-4-5-10-20)25(31)18-11-12-21(32-2)22(14-18)33-3/h6-8,11-14,20H,4-5,9-10,15H2,1-3H3. The van der Waals surface area contributed by atoms with Crippen molar-refractivity contribution >= 4 is 22.5 Å². The SMILES string of the molecule is COc1ccc(C(=O)N(Cc2cc3cccc(C)c3n3nnnc23)C2CCCC2)cc1OC. The lowest BCUT2D eigenvalue weighted by Gasteiger charge is -2.29. The lowest BCUT2D eigenvalue weighted by molar-refractivity contribution is 0.0665. The Balaban J connectivity index is 1.57. The number of rotatable bonds is 6. The number of aromatic nitrogens is 4. The van der Waals surface area contributed by atoms with E-state index in [1.807, 2.05) is 11.0 Å². The number of benzene rings is 2. The maximum atomic E-state index is 13.8. The average Bonchev–Trinajstić information content (AvgIpc) is 3.54. The van der Waals surface area contributed by atoms with E-state index in [2.05, 4.69) is 40.6 Å². The lowest BCUT2D eigenvalue weighted by atomic mass is 10.1. The summed E-state index contributed by atoms with van der Waals surface area (Å²) in [6.45, 7) is 2.49. The number of aryl methyl sites for hydroxylation is 1. The topological polar surface area (TPSA) is 81.9 Å². The molecule has 0 bridgehead atoms. The molecule has 1 aliphatic carbocycles. The summed E-state index contributed by atoms with van der Waals surface area (Å²) in [5, 5.41) is 13.5. The molecule has 1 fully saturated rings. The molecule has 1 aliphatic rings. The number of pyridine rings is 1. The van der Waals surface area contributed by atoms with Crippen molar-refractivity contribution in [2.24, 2.45) is 0 Å². The predicted molar refractivity (Wildman–Crippen MR) is 125 cm³/mol. The Kier molecular flexibility index (Phi) is 5.58. The first-order valence-electron chi connectivity index (χ1n) is 11.2. The van der Waals surface area contributed by atoms with Gasteiger partial charge in [0.25, 0.3) is 5.91 Å². The van der Waals surface area contributed by atoms with Crippen molar-refractivity contribution in [1.82, 2.24) is 24.9 Å². The fourth-order valence-electron chi connectivity index (χ4n) is 4.90. The van der Waals surface area contributed by atoms with Gasteiger partial charge in [-0.2, -0.15) is 4.52 Å². The highest BCUT2D eigenvalue weighted by atomic mass is 16.5. The van der Waals surface area contributed by atoms with Crippen LogP contribution in [0.4, 0.5) is 0 Å². The van der Waals surface area contributed by atoms with Crippen molar-refractivity contribution in [2.75, 3.05) is 14.2 Å². The van der Waals surface area contributed by atoms with E-state index in [1.165, 1.54) is 0 Å². The van der Waals surface area contributed by atoms with Crippen LogP contribution >= 0.6 is 0 Å². The van der Waals surface area contributed by atoms with Crippen molar-refractivity contribution in [2.45, 2.75) is 45.2 Å². The van der Waals surface area contributed by atoms with E-state index in [9.17, 15) is 4.79 Å². The molecule has 0 spiro atoms. The molecule has 8 nitrogen and oxygen atoms in total. The first-order valence-corrected chi connectivity index (χ1v) is 11.2. The van der Waals surface area contributed by atoms with E-state index in [0.29, 0.717) is 29.3 Å². The third kappa shape index (κ3) is 3.75. The maximum absolute atomic E-state index is 13.8. The predicted octanol–water partition coefficient (Wildman–Crippen LogP) is 4.19. The number of fused-ring (bicyclic) bond motifs is 3. The van der Waals surface area contributed by atoms with Gasteiger partial charge in [0.05, 0.1) is 26.3 Å². The number of amides is 1. The van der Waals surface area contributed by atoms with Crippen LogP contribution in [0.15, 0.2) is 42.5 Å². The Morgan fingerprint density at radius 1 is 1.09 bits per heavy atom. The van der Waals surface area contributed by atoms with Crippen LogP contribution < -0.4 is 9.47 Å². The zero-order valence-electron chi connectivity index (χ0n) is 19.1. The molecular formula is C25H27N5O3. The van der Waals surface area contributed by atoms with E-state index < -0.39 is 0 Å². The largest absolute Gasteiger partial charge is 0.493 e. The van der Waals surface area contributed by atoms with Crippen molar-refractivity contribution in [3.63, 3.8) is 0 Å². The minimum Gasteiger partial charge on any atom is -0.493 e. The molecule has 0 atom stereocenters. The second-order valence-corrected chi connectivity index (χ2v) is 8.54. The molecular weight excluding hydrogens is 418 g/mol. The summed E-state index contributed by atoms with van der Waals surface area (Å²) in [6.07, 6.45) is 4.23. The number of hydrogen-bond acceptors (Lipinski definition) is 6. The highest BCUT2D eigenvalue weighted by Gasteiger charge is 2.29. The third-order valence-electron chi connectivity index (χ3n) is 6.56. The molecule has 4 aromatic rings. The van der Waals surface area contributed by atoms with Gasteiger partial charge in [-0.15, -0.1) is 5.10 Å². The van der Waals surface area contributed by atoms with Crippen molar-refractivity contribution < 1.29 is 14.3 Å². The van der Waals surface area contributed by atoms with E-state index >= 15 is 0 Å². The second-order valence-electron chi connectivity index (χ2n) is 8.54. The van der Waals surface area contributed by atoms with Crippen LogP contribution in [0.1, 0.15) is 47.2 Å².